The summed E-state index contributed by atoms with van der Waals surface area (Å²) in [5.74, 6) is 0.515. The second-order valence-electron chi connectivity index (χ2n) is 5.77. The number of H-pyrrole nitrogens is 2. The molecule has 0 saturated heterocycles. The molecule has 0 radical (unpaired) electrons. The third-order valence-electron chi connectivity index (χ3n) is 3.93. The highest BCUT2D eigenvalue weighted by Gasteiger charge is 2.16. The Balaban J connectivity index is 1.65. The number of fused-ring (bicyclic) bond motifs is 2. The van der Waals surface area contributed by atoms with E-state index in [-0.39, 0.29) is 23.8 Å². The summed E-state index contributed by atoms with van der Waals surface area (Å²) in [4.78, 5) is 33.3. The maximum atomic E-state index is 12.5. The molecule has 0 unspecified atom stereocenters. The highest BCUT2D eigenvalue weighted by atomic mass is 16.2. The minimum absolute atomic E-state index is 0.0735. The number of aryl methyl sites for hydroxylation is 2. The van der Waals surface area contributed by atoms with E-state index in [0.29, 0.717) is 17.2 Å². The number of hydrogen-bond acceptors (Lipinski definition) is 5. The molecule has 0 aliphatic carbocycles. The van der Waals surface area contributed by atoms with Gasteiger partial charge in [0.25, 0.3) is 11.3 Å². The first-order valence-electron chi connectivity index (χ1n) is 7.71. The summed E-state index contributed by atoms with van der Waals surface area (Å²) in [5.41, 5.74) is 1.63. The predicted octanol–water partition coefficient (Wildman–Crippen LogP) is 1.09. The number of anilines is 1. The monoisotopic (exact) mass is 337 g/mol. The Kier molecular flexibility index (Phi) is 3.34. The first-order valence-corrected chi connectivity index (χ1v) is 7.71. The number of para-hydroxylation sites is 1. The second-order valence-corrected chi connectivity index (χ2v) is 5.77. The molecular weight excluding hydrogens is 322 g/mol. The summed E-state index contributed by atoms with van der Waals surface area (Å²) < 4.78 is 1.21. The molecule has 0 fully saturated rings. The van der Waals surface area contributed by atoms with Crippen LogP contribution in [0.2, 0.25) is 0 Å². The molecule has 3 heterocycles. The Morgan fingerprint density at radius 3 is 2.88 bits per heavy atom. The Morgan fingerprint density at radius 2 is 2.04 bits per heavy atom. The maximum Gasteiger partial charge on any atom is 0.298 e. The fraction of sp³-hybridized carbons (Fsp3) is 0.188. The van der Waals surface area contributed by atoms with E-state index >= 15 is 0 Å². The third-order valence-corrected chi connectivity index (χ3v) is 3.93. The number of carbonyl (C=O) groups excluding carboxylic acids is 1. The molecule has 0 spiro atoms. The van der Waals surface area contributed by atoms with Crippen molar-refractivity contribution in [1.82, 2.24) is 29.8 Å². The van der Waals surface area contributed by atoms with Crippen LogP contribution in [0.4, 0.5) is 5.69 Å². The van der Waals surface area contributed by atoms with Gasteiger partial charge in [0.05, 0.1) is 23.3 Å². The van der Waals surface area contributed by atoms with E-state index in [0.717, 1.165) is 10.9 Å². The minimum Gasteiger partial charge on any atom is -0.320 e. The number of hydrogen-bond donors (Lipinski definition) is 3. The second kappa shape index (κ2) is 5.55. The van der Waals surface area contributed by atoms with Gasteiger partial charge in [-0.15, -0.1) is 0 Å². The van der Waals surface area contributed by atoms with E-state index < -0.39 is 5.56 Å². The van der Waals surface area contributed by atoms with Crippen LogP contribution in [0.1, 0.15) is 17.2 Å². The first-order chi connectivity index (χ1) is 12.0. The number of benzene rings is 1. The van der Waals surface area contributed by atoms with Crippen LogP contribution in [0, 0.1) is 13.8 Å². The molecule has 4 aromatic rings. The zero-order chi connectivity index (χ0) is 17.6. The number of aromatic amines is 2. The van der Waals surface area contributed by atoms with Crippen molar-refractivity contribution in [2.75, 3.05) is 5.32 Å². The van der Waals surface area contributed by atoms with Crippen LogP contribution in [-0.4, -0.2) is 35.7 Å². The van der Waals surface area contributed by atoms with Gasteiger partial charge in [-0.1, -0.05) is 18.2 Å². The van der Waals surface area contributed by atoms with E-state index in [2.05, 4.69) is 30.6 Å². The molecule has 0 bridgehead atoms. The minimum atomic E-state index is -0.397. The molecule has 0 atom stereocenters. The number of carbonyl (C=O) groups is 1. The highest BCUT2D eigenvalue weighted by Crippen LogP contribution is 2.16. The van der Waals surface area contributed by atoms with Gasteiger partial charge in [0, 0.05) is 5.39 Å². The zero-order valence-corrected chi connectivity index (χ0v) is 13.6. The van der Waals surface area contributed by atoms with Gasteiger partial charge in [0.1, 0.15) is 11.5 Å². The molecule has 4 rings (SSSR count). The van der Waals surface area contributed by atoms with E-state index in [1.165, 1.54) is 4.52 Å². The lowest BCUT2D eigenvalue weighted by Crippen LogP contribution is -2.26. The van der Waals surface area contributed by atoms with Crippen molar-refractivity contribution < 1.29 is 4.79 Å². The molecule has 0 aliphatic rings. The van der Waals surface area contributed by atoms with Crippen LogP contribution in [0.5, 0.6) is 0 Å². The van der Waals surface area contributed by atoms with Gasteiger partial charge >= 0.3 is 0 Å². The summed E-state index contributed by atoms with van der Waals surface area (Å²) in [5, 5.41) is 13.4. The zero-order valence-electron chi connectivity index (χ0n) is 13.6. The molecule has 3 N–H and O–H groups in total. The molecular formula is C16H15N7O2. The number of nitrogens with one attached hydrogen (secondary N) is 3. The van der Waals surface area contributed by atoms with Crippen molar-refractivity contribution in [1.29, 1.82) is 0 Å². The molecule has 0 saturated carbocycles. The van der Waals surface area contributed by atoms with Gasteiger partial charge in [0.15, 0.2) is 0 Å². The molecule has 3 aromatic heterocycles. The Morgan fingerprint density at radius 1 is 1.24 bits per heavy atom. The lowest BCUT2D eigenvalue weighted by atomic mass is 10.1. The van der Waals surface area contributed by atoms with Crippen LogP contribution < -0.4 is 10.9 Å². The van der Waals surface area contributed by atoms with Crippen LogP contribution in [-0.2, 0) is 11.2 Å². The van der Waals surface area contributed by atoms with Crippen LogP contribution >= 0.6 is 0 Å². The standard InChI is InChI=1S/C16H15N7O2/c1-8-14(15(25)23-16(17-8)18-9(2)22-23)19-13(24)7-12-10-5-3-4-6-11(10)20-21-12/h3-6H,7H2,1-2H3,(H,19,24)(H,20,21)(H,17,18,22). The van der Waals surface area contributed by atoms with Gasteiger partial charge in [-0.3, -0.25) is 19.8 Å². The van der Waals surface area contributed by atoms with Crippen molar-refractivity contribution in [2.45, 2.75) is 20.3 Å². The van der Waals surface area contributed by atoms with Crippen molar-refractivity contribution in [3.63, 3.8) is 0 Å². The molecule has 1 amide bonds. The fourth-order valence-corrected chi connectivity index (χ4v) is 2.76. The fourth-order valence-electron chi connectivity index (χ4n) is 2.76. The Labute approximate surface area is 141 Å². The Hall–Kier alpha value is -3.49. The van der Waals surface area contributed by atoms with Crippen LogP contribution in [0.25, 0.3) is 16.7 Å². The van der Waals surface area contributed by atoms with E-state index in [9.17, 15) is 9.59 Å². The van der Waals surface area contributed by atoms with Gasteiger partial charge in [-0.2, -0.15) is 14.6 Å². The van der Waals surface area contributed by atoms with E-state index in [1.807, 2.05) is 24.3 Å². The van der Waals surface area contributed by atoms with Gasteiger partial charge in [0.2, 0.25) is 5.91 Å². The lowest BCUT2D eigenvalue weighted by Gasteiger charge is -2.06. The van der Waals surface area contributed by atoms with E-state index in [1.54, 1.807) is 13.8 Å². The molecule has 9 nitrogen and oxygen atoms in total. The van der Waals surface area contributed by atoms with Gasteiger partial charge in [-0.05, 0) is 19.9 Å². The number of amides is 1. The van der Waals surface area contributed by atoms with Gasteiger partial charge in [-0.25, -0.2) is 4.98 Å². The number of rotatable bonds is 3. The lowest BCUT2D eigenvalue weighted by molar-refractivity contribution is -0.115. The molecule has 0 aliphatic heterocycles. The summed E-state index contributed by atoms with van der Waals surface area (Å²) in [6.07, 6.45) is 0.0735. The smallest absolute Gasteiger partial charge is 0.298 e. The molecule has 1 aromatic carbocycles. The summed E-state index contributed by atoms with van der Waals surface area (Å²) in [7, 11) is 0. The van der Waals surface area contributed by atoms with Crippen molar-refractivity contribution in [2.24, 2.45) is 0 Å². The first kappa shape index (κ1) is 15.1. The topological polar surface area (TPSA) is 121 Å². The largest absolute Gasteiger partial charge is 0.320 e. The molecule has 126 valence electrons. The predicted molar refractivity (Wildman–Crippen MR) is 91.5 cm³/mol. The summed E-state index contributed by atoms with van der Waals surface area (Å²) in [6, 6.07) is 7.52. The van der Waals surface area contributed by atoms with Crippen LogP contribution in [0.15, 0.2) is 29.1 Å². The van der Waals surface area contributed by atoms with E-state index in [4.69, 9.17) is 0 Å². The average molecular weight is 337 g/mol. The normalized spacial score (nSPS) is 11.3. The van der Waals surface area contributed by atoms with Crippen molar-refractivity contribution >= 4 is 28.3 Å². The number of nitrogens with zero attached hydrogens (tertiary/aromatic N) is 4. The maximum absolute atomic E-state index is 12.5. The summed E-state index contributed by atoms with van der Waals surface area (Å²) >= 11 is 0. The van der Waals surface area contributed by atoms with Crippen LogP contribution in [0.3, 0.4) is 0 Å². The summed E-state index contributed by atoms with van der Waals surface area (Å²) in [6.45, 7) is 3.39. The highest BCUT2D eigenvalue weighted by molar-refractivity contribution is 5.95. The average Bonchev–Trinajstić information content (AvgIpc) is 3.15. The molecule has 25 heavy (non-hydrogen) atoms. The third kappa shape index (κ3) is 2.55. The quantitative estimate of drug-likeness (QED) is 0.517. The van der Waals surface area contributed by atoms with Crippen molar-refractivity contribution in [3.05, 3.63) is 51.8 Å². The SMILES string of the molecule is Cc1nc2nc(C)c(NC(=O)Cc3[nH]nc4ccccc34)c(=O)n2[nH]1. The Bertz CT molecular complexity index is 1170. The van der Waals surface area contributed by atoms with Gasteiger partial charge < -0.3 is 5.32 Å². The molecule has 9 heteroatoms. The van der Waals surface area contributed by atoms with Crippen molar-refractivity contribution in [3.8, 4) is 0 Å². The number of aromatic nitrogens is 6.